The Hall–Kier alpha value is -2.50. The molecular weight excluding hydrogens is 382 g/mol. The number of hydrogen-bond acceptors (Lipinski definition) is 6. The Morgan fingerprint density at radius 2 is 1.57 bits per heavy atom. The van der Waals surface area contributed by atoms with Crippen LogP contribution in [0.4, 0.5) is 5.69 Å². The molecule has 1 aromatic carbocycles. The van der Waals surface area contributed by atoms with Gasteiger partial charge in [-0.15, -0.1) is 0 Å². The Morgan fingerprint density at radius 3 is 2.10 bits per heavy atom. The van der Waals surface area contributed by atoms with Crippen LogP contribution in [-0.2, 0) is 24.5 Å². The fourth-order valence-corrected chi connectivity index (χ4v) is 6.59. The largest absolute Gasteiger partial charge is 0.496 e. The Balaban J connectivity index is 1.43. The third-order valence-corrected chi connectivity index (χ3v) is 7.31. The predicted octanol–water partition coefficient (Wildman–Crippen LogP) is 4.29. The van der Waals surface area contributed by atoms with Gasteiger partial charge in [0, 0.05) is 31.3 Å². The number of carbonyl (C=O) groups excluding carboxylic acids is 2. The van der Waals surface area contributed by atoms with Crippen LogP contribution in [0.5, 0.6) is 5.75 Å². The molecule has 1 aliphatic heterocycles. The summed E-state index contributed by atoms with van der Waals surface area (Å²) in [5.41, 5.74) is 2.11. The molecule has 6 nitrogen and oxygen atoms in total. The van der Waals surface area contributed by atoms with E-state index in [1.807, 2.05) is 12.1 Å². The number of rotatable bonds is 4. The molecule has 160 valence electrons. The van der Waals surface area contributed by atoms with Gasteiger partial charge in [-0.3, -0.25) is 0 Å². The summed E-state index contributed by atoms with van der Waals surface area (Å²) < 4.78 is 16.1. The molecule has 0 radical (unpaired) electrons. The van der Waals surface area contributed by atoms with Gasteiger partial charge < -0.3 is 19.5 Å². The molecule has 1 heterocycles. The van der Waals surface area contributed by atoms with E-state index in [0.29, 0.717) is 0 Å². The third-order valence-electron chi connectivity index (χ3n) is 7.31. The lowest BCUT2D eigenvalue weighted by atomic mass is 9.48. The highest BCUT2D eigenvalue weighted by atomic mass is 16.7. The summed E-state index contributed by atoms with van der Waals surface area (Å²) in [6.07, 6.45) is 9.21. The number of hydrogen-bond donors (Lipinski definition) is 1. The zero-order chi connectivity index (χ0) is 21.1. The van der Waals surface area contributed by atoms with Crippen LogP contribution in [0.2, 0.25) is 0 Å². The molecule has 6 heteroatoms. The molecule has 6 rings (SSSR count). The summed E-state index contributed by atoms with van der Waals surface area (Å²) in [6.45, 7) is 3.07. The van der Waals surface area contributed by atoms with Gasteiger partial charge >= 0.3 is 11.9 Å². The molecule has 30 heavy (non-hydrogen) atoms. The van der Waals surface area contributed by atoms with Gasteiger partial charge in [-0.05, 0) is 79.9 Å². The van der Waals surface area contributed by atoms with Gasteiger partial charge in [0.25, 0.3) is 5.79 Å². The fraction of sp³-hybridized carbons (Fsp3) is 0.583. The molecule has 0 unspecified atom stereocenters. The lowest BCUT2D eigenvalue weighted by molar-refractivity contribution is -0.222. The quantitative estimate of drug-likeness (QED) is 0.453. The first kappa shape index (κ1) is 19.5. The second-order valence-corrected chi connectivity index (χ2v) is 9.99. The van der Waals surface area contributed by atoms with Gasteiger partial charge in [0.2, 0.25) is 0 Å². The third kappa shape index (κ3) is 3.26. The van der Waals surface area contributed by atoms with Crippen molar-refractivity contribution in [1.29, 1.82) is 0 Å². The zero-order valence-electron chi connectivity index (χ0n) is 17.8. The van der Waals surface area contributed by atoms with E-state index < -0.39 is 17.7 Å². The van der Waals surface area contributed by atoms with E-state index in [-0.39, 0.29) is 11.0 Å². The van der Waals surface area contributed by atoms with Crippen molar-refractivity contribution in [3.8, 4) is 5.75 Å². The monoisotopic (exact) mass is 411 g/mol. The molecule has 1 N–H and O–H groups in total. The van der Waals surface area contributed by atoms with Crippen molar-refractivity contribution in [2.24, 2.45) is 17.8 Å². The Kier molecular flexibility index (Phi) is 4.38. The number of anilines is 1. The van der Waals surface area contributed by atoms with Crippen molar-refractivity contribution in [2.75, 3.05) is 12.4 Å². The molecule has 4 saturated carbocycles. The van der Waals surface area contributed by atoms with E-state index >= 15 is 0 Å². The Labute approximate surface area is 177 Å². The number of ether oxygens (including phenoxy) is 3. The summed E-state index contributed by atoms with van der Waals surface area (Å²) in [6, 6.07) is 6.02. The first-order valence-electron chi connectivity index (χ1n) is 10.9. The van der Waals surface area contributed by atoms with Gasteiger partial charge in [0.15, 0.2) is 5.57 Å². The van der Waals surface area contributed by atoms with Gasteiger partial charge in [-0.25, -0.2) is 9.59 Å². The molecule has 0 aromatic heterocycles. The number of nitrogens with one attached hydrogen (secondary N) is 1. The summed E-state index contributed by atoms with van der Waals surface area (Å²) in [5.74, 6) is 0.807. The van der Waals surface area contributed by atoms with E-state index in [1.165, 1.54) is 64.1 Å². The van der Waals surface area contributed by atoms with Gasteiger partial charge in [-0.2, -0.15) is 0 Å². The minimum Gasteiger partial charge on any atom is -0.496 e. The van der Waals surface area contributed by atoms with Crippen LogP contribution in [0.1, 0.15) is 57.9 Å². The number of esters is 2. The van der Waals surface area contributed by atoms with Crippen LogP contribution >= 0.6 is 0 Å². The first-order valence-corrected chi connectivity index (χ1v) is 10.9. The second-order valence-electron chi connectivity index (χ2n) is 9.99. The van der Waals surface area contributed by atoms with Crippen molar-refractivity contribution in [2.45, 2.75) is 63.6 Å². The number of carbonyl (C=O) groups is 2. The first-order chi connectivity index (χ1) is 14.3. The average molecular weight is 411 g/mol. The molecule has 1 saturated heterocycles. The SMILES string of the molecule is COc1ccc(NC=C2C(=O)OC(C)(C)OC2=O)cc1C12CC3CC(CC(C3)C1)C2. The minimum atomic E-state index is -1.24. The van der Waals surface area contributed by atoms with E-state index in [1.54, 1.807) is 7.11 Å². The summed E-state index contributed by atoms with van der Waals surface area (Å²) in [7, 11) is 1.73. The van der Waals surface area contributed by atoms with Gasteiger partial charge in [0.05, 0.1) is 7.11 Å². The standard InChI is InChI=1S/C24H29NO5/c1-23(2)29-21(26)18(22(27)30-23)13-25-17-4-5-20(28-3)19(9-17)24-10-14-6-15(11-24)8-16(7-14)12-24/h4-5,9,13-16,25H,6-8,10-12H2,1-3H3. The van der Waals surface area contributed by atoms with Crippen LogP contribution < -0.4 is 10.1 Å². The predicted molar refractivity (Wildman–Crippen MR) is 111 cm³/mol. The average Bonchev–Trinajstić information content (AvgIpc) is 2.65. The highest BCUT2D eigenvalue weighted by molar-refractivity contribution is 6.15. The highest BCUT2D eigenvalue weighted by Crippen LogP contribution is 2.62. The number of methoxy groups -OCH3 is 1. The van der Waals surface area contributed by atoms with E-state index in [0.717, 1.165) is 29.2 Å². The molecule has 4 bridgehead atoms. The zero-order valence-corrected chi connectivity index (χ0v) is 17.8. The fourth-order valence-electron chi connectivity index (χ4n) is 6.59. The van der Waals surface area contributed by atoms with Crippen molar-refractivity contribution < 1.29 is 23.8 Å². The van der Waals surface area contributed by atoms with Crippen molar-refractivity contribution in [3.05, 3.63) is 35.5 Å². The maximum absolute atomic E-state index is 12.2. The number of cyclic esters (lactones) is 2. The second kappa shape index (κ2) is 6.76. The minimum absolute atomic E-state index is 0.138. The molecule has 1 aromatic rings. The van der Waals surface area contributed by atoms with E-state index in [2.05, 4.69) is 11.4 Å². The topological polar surface area (TPSA) is 73.9 Å². The number of benzene rings is 1. The van der Waals surface area contributed by atoms with E-state index in [9.17, 15) is 9.59 Å². The van der Waals surface area contributed by atoms with Crippen molar-refractivity contribution in [3.63, 3.8) is 0 Å². The summed E-state index contributed by atoms with van der Waals surface area (Å²) in [4.78, 5) is 24.4. The Bertz CT molecular complexity index is 874. The molecule has 4 aliphatic carbocycles. The summed E-state index contributed by atoms with van der Waals surface area (Å²) >= 11 is 0. The normalized spacial score (nSPS) is 33.7. The van der Waals surface area contributed by atoms with Crippen LogP contribution in [-0.4, -0.2) is 24.8 Å². The maximum Gasteiger partial charge on any atom is 0.350 e. The van der Waals surface area contributed by atoms with Crippen LogP contribution in [0.15, 0.2) is 30.0 Å². The summed E-state index contributed by atoms with van der Waals surface area (Å²) in [5, 5.41) is 3.11. The molecule has 5 aliphatic rings. The molecule has 0 spiro atoms. The van der Waals surface area contributed by atoms with Crippen molar-refractivity contribution >= 4 is 17.6 Å². The smallest absolute Gasteiger partial charge is 0.350 e. The lowest BCUT2D eigenvalue weighted by Crippen LogP contribution is -2.48. The van der Waals surface area contributed by atoms with Crippen LogP contribution in [0, 0.1) is 17.8 Å². The van der Waals surface area contributed by atoms with Crippen LogP contribution in [0.3, 0.4) is 0 Å². The molecule has 5 fully saturated rings. The van der Waals surface area contributed by atoms with E-state index in [4.69, 9.17) is 14.2 Å². The molecule has 0 amide bonds. The van der Waals surface area contributed by atoms with Gasteiger partial charge in [-0.1, -0.05) is 0 Å². The molecular formula is C24H29NO5. The molecule has 0 atom stereocenters. The highest BCUT2D eigenvalue weighted by Gasteiger charge is 2.52. The van der Waals surface area contributed by atoms with Crippen molar-refractivity contribution in [1.82, 2.24) is 0 Å². The van der Waals surface area contributed by atoms with Gasteiger partial charge in [0.1, 0.15) is 5.75 Å². The van der Waals surface area contributed by atoms with Crippen LogP contribution in [0.25, 0.3) is 0 Å². The lowest BCUT2D eigenvalue weighted by Gasteiger charge is -2.57. The maximum atomic E-state index is 12.2. The Morgan fingerprint density at radius 1 is 1.00 bits per heavy atom.